The SMILES string of the molecule is Cc1ccc(-c2nc(NC(=O)C(Sc3cccc(NC(=O)Cc4ccc(Cl)cc4)c3)c3ccccc3)sc2C)cc1. The molecule has 4 aromatic carbocycles. The summed E-state index contributed by atoms with van der Waals surface area (Å²) in [4.78, 5) is 33.0. The molecule has 0 saturated heterocycles. The second-order valence-corrected chi connectivity index (χ2v) is 12.4. The standard InChI is InChI=1S/C33H28ClN3O2S2/c1-21-11-15-24(16-12-21)30-22(2)40-33(36-30)37-32(39)31(25-7-4-3-5-8-25)41-28-10-6-9-27(20-28)35-29(38)19-23-13-17-26(34)18-14-23/h3-18,20,31H,19H2,1-2H3,(H,35,38)(H,36,37,39). The third-order valence-corrected chi connectivity index (χ3v) is 8.73. The molecule has 0 aliphatic carbocycles. The van der Waals surface area contributed by atoms with Gasteiger partial charge in [-0.05, 0) is 55.3 Å². The summed E-state index contributed by atoms with van der Waals surface area (Å²) < 4.78 is 0. The highest BCUT2D eigenvalue weighted by Gasteiger charge is 2.24. The molecule has 0 spiro atoms. The van der Waals surface area contributed by atoms with Crippen LogP contribution in [0, 0.1) is 13.8 Å². The molecule has 5 rings (SSSR count). The van der Waals surface area contributed by atoms with Crippen molar-refractivity contribution in [2.24, 2.45) is 0 Å². The number of benzene rings is 4. The third kappa shape index (κ3) is 7.64. The quantitative estimate of drug-likeness (QED) is 0.167. The minimum atomic E-state index is -0.525. The average Bonchev–Trinajstić information content (AvgIpc) is 3.33. The first-order valence-corrected chi connectivity index (χ1v) is 15.1. The van der Waals surface area contributed by atoms with Gasteiger partial charge in [0.15, 0.2) is 5.13 Å². The molecular weight excluding hydrogens is 570 g/mol. The van der Waals surface area contributed by atoms with Crippen molar-refractivity contribution < 1.29 is 9.59 Å². The Balaban J connectivity index is 1.32. The zero-order valence-electron chi connectivity index (χ0n) is 22.6. The Labute approximate surface area is 253 Å². The van der Waals surface area contributed by atoms with Crippen LogP contribution in [0.2, 0.25) is 5.02 Å². The number of aryl methyl sites for hydroxylation is 2. The lowest BCUT2D eigenvalue weighted by molar-refractivity contribution is -0.116. The lowest BCUT2D eigenvalue weighted by Crippen LogP contribution is -2.19. The van der Waals surface area contributed by atoms with Gasteiger partial charge in [-0.2, -0.15) is 0 Å². The van der Waals surface area contributed by atoms with Crippen LogP contribution in [0.4, 0.5) is 10.8 Å². The van der Waals surface area contributed by atoms with Crippen LogP contribution in [0.1, 0.15) is 26.8 Å². The summed E-state index contributed by atoms with van der Waals surface area (Å²) in [5.74, 6) is -0.294. The van der Waals surface area contributed by atoms with Crippen LogP contribution in [0.5, 0.6) is 0 Å². The molecule has 41 heavy (non-hydrogen) atoms. The van der Waals surface area contributed by atoms with Gasteiger partial charge >= 0.3 is 0 Å². The molecule has 0 saturated carbocycles. The van der Waals surface area contributed by atoms with Crippen LogP contribution in [-0.4, -0.2) is 16.8 Å². The number of anilines is 2. The normalized spacial score (nSPS) is 11.6. The molecule has 5 nitrogen and oxygen atoms in total. The molecule has 1 aromatic heterocycles. The molecule has 0 aliphatic rings. The number of aromatic nitrogens is 1. The molecule has 1 unspecified atom stereocenters. The van der Waals surface area contributed by atoms with E-state index >= 15 is 0 Å². The molecule has 2 N–H and O–H groups in total. The van der Waals surface area contributed by atoms with Crippen molar-refractivity contribution >= 4 is 57.3 Å². The lowest BCUT2D eigenvalue weighted by atomic mass is 10.1. The predicted octanol–water partition coefficient (Wildman–Crippen LogP) is 8.73. The van der Waals surface area contributed by atoms with E-state index in [0.717, 1.165) is 32.2 Å². The van der Waals surface area contributed by atoms with Crippen LogP contribution in [-0.2, 0) is 16.0 Å². The molecule has 5 aromatic rings. The highest BCUT2D eigenvalue weighted by molar-refractivity contribution is 8.00. The number of carbonyl (C=O) groups excluding carboxylic acids is 2. The smallest absolute Gasteiger partial charge is 0.244 e. The molecule has 0 fully saturated rings. The highest BCUT2D eigenvalue weighted by atomic mass is 35.5. The average molecular weight is 598 g/mol. The second kappa shape index (κ2) is 13.2. The summed E-state index contributed by atoms with van der Waals surface area (Å²) in [6.45, 7) is 4.06. The van der Waals surface area contributed by atoms with Gasteiger partial charge in [0.05, 0.1) is 12.1 Å². The molecule has 2 amide bonds. The van der Waals surface area contributed by atoms with Crippen molar-refractivity contribution in [2.75, 3.05) is 10.6 Å². The number of thiazole rings is 1. The fourth-order valence-electron chi connectivity index (χ4n) is 4.28. The zero-order chi connectivity index (χ0) is 28.8. The van der Waals surface area contributed by atoms with Gasteiger partial charge in [-0.1, -0.05) is 90.0 Å². The first-order valence-electron chi connectivity index (χ1n) is 13.1. The molecular formula is C33H28ClN3O2S2. The Bertz CT molecular complexity index is 1650. The topological polar surface area (TPSA) is 71.1 Å². The Hall–Kier alpha value is -3.91. The summed E-state index contributed by atoms with van der Waals surface area (Å²) in [5, 5.41) is 6.68. The fourth-order valence-corrected chi connectivity index (χ4v) is 6.33. The van der Waals surface area contributed by atoms with Crippen LogP contribution in [0.25, 0.3) is 11.3 Å². The molecule has 0 radical (unpaired) electrons. The lowest BCUT2D eigenvalue weighted by Gasteiger charge is -2.17. The summed E-state index contributed by atoms with van der Waals surface area (Å²) in [6.07, 6.45) is 0.237. The first kappa shape index (κ1) is 28.6. The van der Waals surface area contributed by atoms with E-state index in [1.165, 1.54) is 28.7 Å². The number of rotatable bonds is 9. The van der Waals surface area contributed by atoms with Gasteiger partial charge < -0.3 is 10.6 Å². The van der Waals surface area contributed by atoms with E-state index in [1.807, 2.05) is 85.8 Å². The number of amides is 2. The zero-order valence-corrected chi connectivity index (χ0v) is 24.9. The maximum Gasteiger partial charge on any atom is 0.244 e. The van der Waals surface area contributed by atoms with Crippen LogP contribution < -0.4 is 10.6 Å². The van der Waals surface area contributed by atoms with Crippen LogP contribution in [0.15, 0.2) is 108 Å². The number of hydrogen-bond donors (Lipinski definition) is 2. The van der Waals surface area contributed by atoms with Gasteiger partial charge in [-0.25, -0.2) is 4.98 Å². The number of nitrogens with zero attached hydrogens (tertiary/aromatic N) is 1. The Morgan fingerprint density at radius 1 is 0.878 bits per heavy atom. The number of hydrogen-bond acceptors (Lipinski definition) is 5. The van der Waals surface area contributed by atoms with E-state index in [0.29, 0.717) is 15.8 Å². The third-order valence-electron chi connectivity index (χ3n) is 6.34. The van der Waals surface area contributed by atoms with Gasteiger partial charge in [0, 0.05) is 26.0 Å². The van der Waals surface area contributed by atoms with Crippen LogP contribution >= 0.6 is 34.7 Å². The van der Waals surface area contributed by atoms with E-state index in [-0.39, 0.29) is 18.2 Å². The van der Waals surface area contributed by atoms with E-state index < -0.39 is 5.25 Å². The monoisotopic (exact) mass is 597 g/mol. The van der Waals surface area contributed by atoms with Gasteiger partial charge in [0.2, 0.25) is 11.8 Å². The second-order valence-electron chi connectivity index (χ2n) is 9.57. The summed E-state index contributed by atoms with van der Waals surface area (Å²) in [6, 6.07) is 32.6. The molecule has 0 aliphatic heterocycles. The molecule has 1 atom stereocenters. The van der Waals surface area contributed by atoms with Gasteiger partial charge in [0.25, 0.3) is 0 Å². The van der Waals surface area contributed by atoms with Crippen molar-refractivity contribution in [1.82, 2.24) is 4.98 Å². The van der Waals surface area contributed by atoms with Gasteiger partial charge in [0.1, 0.15) is 5.25 Å². The van der Waals surface area contributed by atoms with Crippen molar-refractivity contribution in [3.8, 4) is 11.3 Å². The Morgan fingerprint density at radius 2 is 1.61 bits per heavy atom. The van der Waals surface area contributed by atoms with Crippen molar-refractivity contribution in [3.63, 3.8) is 0 Å². The fraction of sp³-hybridized carbons (Fsp3) is 0.121. The maximum atomic E-state index is 13.7. The minimum Gasteiger partial charge on any atom is -0.326 e. The largest absolute Gasteiger partial charge is 0.326 e. The maximum absolute atomic E-state index is 13.7. The molecule has 8 heteroatoms. The predicted molar refractivity (Wildman–Crippen MR) is 171 cm³/mol. The summed E-state index contributed by atoms with van der Waals surface area (Å²) in [7, 11) is 0. The Kier molecular flexibility index (Phi) is 9.19. The van der Waals surface area contributed by atoms with E-state index in [2.05, 4.69) is 29.7 Å². The Morgan fingerprint density at radius 3 is 2.34 bits per heavy atom. The van der Waals surface area contributed by atoms with E-state index in [1.54, 1.807) is 12.1 Å². The van der Waals surface area contributed by atoms with Crippen molar-refractivity contribution in [2.45, 2.75) is 30.4 Å². The van der Waals surface area contributed by atoms with Gasteiger partial charge in [-0.3, -0.25) is 9.59 Å². The minimum absolute atomic E-state index is 0.129. The number of halogens is 1. The molecule has 0 bridgehead atoms. The number of nitrogens with one attached hydrogen (secondary N) is 2. The summed E-state index contributed by atoms with van der Waals surface area (Å²) in [5.41, 5.74) is 5.49. The number of thioether (sulfide) groups is 1. The summed E-state index contributed by atoms with van der Waals surface area (Å²) >= 11 is 8.84. The van der Waals surface area contributed by atoms with Crippen LogP contribution in [0.3, 0.4) is 0 Å². The van der Waals surface area contributed by atoms with E-state index in [9.17, 15) is 9.59 Å². The van der Waals surface area contributed by atoms with Crippen molar-refractivity contribution in [3.05, 3.63) is 130 Å². The van der Waals surface area contributed by atoms with E-state index in [4.69, 9.17) is 16.6 Å². The highest BCUT2D eigenvalue weighted by Crippen LogP contribution is 2.38. The van der Waals surface area contributed by atoms with Crippen molar-refractivity contribution in [1.29, 1.82) is 0 Å². The molecule has 206 valence electrons. The van der Waals surface area contributed by atoms with Gasteiger partial charge in [-0.15, -0.1) is 23.1 Å². The first-order chi connectivity index (χ1) is 19.8. The molecule has 1 heterocycles. The number of carbonyl (C=O) groups is 2.